The number of hydrogen-bond acceptors (Lipinski definition) is 4. The Morgan fingerprint density at radius 1 is 1.15 bits per heavy atom. The van der Waals surface area contributed by atoms with Gasteiger partial charge in [-0.15, -0.1) is 11.3 Å². The Hall–Kier alpha value is -2.29. The highest BCUT2D eigenvalue weighted by Crippen LogP contribution is 2.17. The summed E-state index contributed by atoms with van der Waals surface area (Å²) in [5.74, 6) is 0.576. The second kappa shape index (κ2) is 9.42. The third-order valence-electron chi connectivity index (χ3n) is 3.36. The quantitative estimate of drug-likeness (QED) is 0.565. The Kier molecular flexibility index (Phi) is 7.26. The third-order valence-corrected chi connectivity index (χ3v) is 4.59. The van der Waals surface area contributed by atoms with Crippen LogP contribution in [-0.4, -0.2) is 30.8 Å². The van der Waals surface area contributed by atoms with Crippen molar-refractivity contribution >= 4 is 17.3 Å². The van der Waals surface area contributed by atoms with Gasteiger partial charge in [-0.2, -0.15) is 13.2 Å². The molecule has 2 rings (SSSR count). The highest BCUT2D eigenvalue weighted by Gasteiger charge is 2.28. The first kappa shape index (κ1) is 20.0. The molecule has 0 fully saturated rings. The van der Waals surface area contributed by atoms with Crippen LogP contribution in [0, 0.1) is 0 Å². The van der Waals surface area contributed by atoms with Crippen LogP contribution >= 0.6 is 11.3 Å². The molecular weight excluding hydrogens is 365 g/mol. The number of pyridine rings is 1. The second-order valence-electron chi connectivity index (χ2n) is 5.41. The summed E-state index contributed by atoms with van der Waals surface area (Å²) in [6.07, 6.45) is -1.88. The topological polar surface area (TPSA) is 58.5 Å². The Balaban J connectivity index is 1.78. The molecule has 0 bridgehead atoms. The maximum atomic E-state index is 12.1. The lowest BCUT2D eigenvalue weighted by atomic mass is 10.3. The van der Waals surface area contributed by atoms with Crippen LogP contribution < -0.4 is 15.4 Å². The van der Waals surface area contributed by atoms with E-state index in [0.717, 1.165) is 12.0 Å². The molecular formula is C17H21F3N4OS. The maximum absolute atomic E-state index is 12.1. The van der Waals surface area contributed by atoms with Gasteiger partial charge in [0.05, 0.1) is 6.54 Å². The Morgan fingerprint density at radius 3 is 2.46 bits per heavy atom. The maximum Gasteiger partial charge on any atom is 0.422 e. The number of hydrogen-bond donors (Lipinski definition) is 2. The molecule has 0 aromatic carbocycles. The van der Waals surface area contributed by atoms with Gasteiger partial charge in [-0.1, -0.05) is 13.0 Å². The molecule has 0 saturated heterocycles. The zero-order valence-electron chi connectivity index (χ0n) is 14.6. The van der Waals surface area contributed by atoms with Gasteiger partial charge in [0, 0.05) is 35.6 Å². The van der Waals surface area contributed by atoms with Crippen molar-refractivity contribution in [3.63, 3.8) is 0 Å². The number of aryl methyl sites for hydroxylation is 1. The molecule has 5 nitrogen and oxygen atoms in total. The van der Waals surface area contributed by atoms with E-state index in [1.165, 1.54) is 22.0 Å². The molecule has 0 saturated carbocycles. The van der Waals surface area contributed by atoms with E-state index in [-0.39, 0.29) is 5.88 Å². The summed E-state index contributed by atoms with van der Waals surface area (Å²) in [7, 11) is 1.67. The van der Waals surface area contributed by atoms with Crippen LogP contribution in [0.1, 0.15) is 22.2 Å². The highest BCUT2D eigenvalue weighted by atomic mass is 32.1. The Morgan fingerprint density at radius 2 is 1.88 bits per heavy atom. The van der Waals surface area contributed by atoms with Crippen LogP contribution in [0.15, 0.2) is 35.5 Å². The van der Waals surface area contributed by atoms with Crippen LogP contribution in [0.2, 0.25) is 0 Å². The summed E-state index contributed by atoms with van der Waals surface area (Å²) in [6.45, 7) is 1.89. The van der Waals surface area contributed by atoms with Crippen molar-refractivity contribution < 1.29 is 17.9 Å². The standard InChI is InChI=1S/C17H21F3N4OS/c1-3-13-5-6-14(26-13)10-24-16(21-2)23-9-12-4-7-15(22-8-12)25-11-17(18,19)20/h4-8H,3,9-11H2,1-2H3,(H2,21,23,24). The first-order valence-corrected chi connectivity index (χ1v) is 8.88. The molecule has 2 heterocycles. The monoisotopic (exact) mass is 386 g/mol. The van der Waals surface area contributed by atoms with E-state index in [4.69, 9.17) is 0 Å². The normalized spacial score (nSPS) is 12.1. The Labute approximate surface area is 154 Å². The van der Waals surface area contributed by atoms with Crippen molar-refractivity contribution in [1.29, 1.82) is 0 Å². The van der Waals surface area contributed by atoms with E-state index in [0.29, 0.717) is 19.0 Å². The summed E-state index contributed by atoms with van der Waals surface area (Å²) < 4.78 is 40.9. The summed E-state index contributed by atoms with van der Waals surface area (Å²) in [4.78, 5) is 10.6. The minimum Gasteiger partial charge on any atom is -0.468 e. The fourth-order valence-electron chi connectivity index (χ4n) is 2.04. The molecule has 2 N–H and O–H groups in total. The molecule has 0 radical (unpaired) electrons. The lowest BCUT2D eigenvalue weighted by Crippen LogP contribution is -2.36. The number of nitrogens with one attached hydrogen (secondary N) is 2. The van der Waals surface area contributed by atoms with Crippen molar-refractivity contribution in [1.82, 2.24) is 15.6 Å². The zero-order valence-corrected chi connectivity index (χ0v) is 15.4. The van der Waals surface area contributed by atoms with Crippen molar-refractivity contribution in [2.75, 3.05) is 13.7 Å². The van der Waals surface area contributed by atoms with E-state index >= 15 is 0 Å². The molecule has 2 aromatic rings. The van der Waals surface area contributed by atoms with Crippen LogP contribution in [0.25, 0.3) is 0 Å². The summed E-state index contributed by atoms with van der Waals surface area (Å²) in [6, 6.07) is 7.28. The molecule has 0 aliphatic carbocycles. The Bertz CT molecular complexity index is 714. The largest absolute Gasteiger partial charge is 0.468 e. The molecule has 2 aromatic heterocycles. The molecule has 0 unspecified atom stereocenters. The average molecular weight is 386 g/mol. The third kappa shape index (κ3) is 6.91. The van der Waals surface area contributed by atoms with Crippen LogP contribution in [-0.2, 0) is 19.5 Å². The number of thiophene rings is 1. The van der Waals surface area contributed by atoms with Gasteiger partial charge in [-0.25, -0.2) is 4.98 Å². The molecule has 0 aliphatic rings. The smallest absolute Gasteiger partial charge is 0.422 e. The number of nitrogens with zero attached hydrogens (tertiary/aromatic N) is 2. The predicted octanol–water partition coefficient (Wildman–Crippen LogP) is 3.51. The average Bonchev–Trinajstić information content (AvgIpc) is 3.08. The molecule has 26 heavy (non-hydrogen) atoms. The van der Waals surface area contributed by atoms with Gasteiger partial charge in [0.1, 0.15) is 0 Å². The van der Waals surface area contributed by atoms with Crippen LogP contribution in [0.5, 0.6) is 5.88 Å². The minimum atomic E-state index is -4.37. The second-order valence-corrected chi connectivity index (χ2v) is 6.66. The molecule has 9 heteroatoms. The molecule has 142 valence electrons. The van der Waals surface area contributed by atoms with Crippen LogP contribution in [0.4, 0.5) is 13.2 Å². The van der Waals surface area contributed by atoms with Gasteiger partial charge in [-0.05, 0) is 24.1 Å². The fraction of sp³-hybridized carbons (Fsp3) is 0.412. The molecule has 0 atom stereocenters. The van der Waals surface area contributed by atoms with Crippen molar-refractivity contribution in [3.8, 4) is 5.88 Å². The summed E-state index contributed by atoms with van der Waals surface area (Å²) >= 11 is 1.76. The first-order chi connectivity index (χ1) is 12.4. The lowest BCUT2D eigenvalue weighted by molar-refractivity contribution is -0.154. The number of halogens is 3. The number of alkyl halides is 3. The van der Waals surface area contributed by atoms with Crippen LogP contribution in [0.3, 0.4) is 0 Å². The fourth-order valence-corrected chi connectivity index (χ4v) is 2.94. The van der Waals surface area contributed by atoms with Crippen molar-refractivity contribution in [2.45, 2.75) is 32.6 Å². The van der Waals surface area contributed by atoms with Crippen molar-refractivity contribution in [2.24, 2.45) is 4.99 Å². The van der Waals surface area contributed by atoms with Gasteiger partial charge in [-0.3, -0.25) is 4.99 Å². The van der Waals surface area contributed by atoms with Gasteiger partial charge >= 0.3 is 6.18 Å². The SMILES string of the molecule is CCc1ccc(CNC(=NC)NCc2ccc(OCC(F)(F)F)nc2)s1. The zero-order chi connectivity index (χ0) is 19.0. The van der Waals surface area contributed by atoms with E-state index in [1.807, 2.05) is 0 Å². The van der Waals surface area contributed by atoms with Gasteiger partial charge in [0.25, 0.3) is 0 Å². The molecule has 0 spiro atoms. The summed E-state index contributed by atoms with van der Waals surface area (Å²) in [5.41, 5.74) is 0.803. The van der Waals surface area contributed by atoms with E-state index in [9.17, 15) is 13.2 Å². The number of rotatable bonds is 7. The van der Waals surface area contributed by atoms with Gasteiger partial charge in [0.15, 0.2) is 12.6 Å². The number of ether oxygens (including phenoxy) is 1. The molecule has 0 aliphatic heterocycles. The number of guanidine groups is 1. The predicted molar refractivity (Wildman–Crippen MR) is 96.5 cm³/mol. The minimum absolute atomic E-state index is 0.0574. The first-order valence-electron chi connectivity index (χ1n) is 8.06. The van der Waals surface area contributed by atoms with Gasteiger partial charge < -0.3 is 15.4 Å². The van der Waals surface area contributed by atoms with E-state index in [2.05, 4.69) is 44.4 Å². The van der Waals surface area contributed by atoms with E-state index < -0.39 is 12.8 Å². The van der Waals surface area contributed by atoms with E-state index in [1.54, 1.807) is 24.5 Å². The molecule has 0 amide bonds. The number of aliphatic imine (C=N–C) groups is 1. The lowest BCUT2D eigenvalue weighted by Gasteiger charge is -2.12. The van der Waals surface area contributed by atoms with Crippen molar-refractivity contribution in [3.05, 3.63) is 45.8 Å². The highest BCUT2D eigenvalue weighted by molar-refractivity contribution is 7.11. The summed E-state index contributed by atoms with van der Waals surface area (Å²) in [5, 5.41) is 6.36. The number of aromatic nitrogens is 1. The van der Waals surface area contributed by atoms with Gasteiger partial charge in [0.2, 0.25) is 5.88 Å².